The van der Waals surface area contributed by atoms with Crippen molar-refractivity contribution in [1.29, 1.82) is 0 Å². The average molecular weight is 231 g/mol. The number of nitrogens with zero attached hydrogens (tertiary/aromatic N) is 1. The molecule has 0 radical (unpaired) electrons. The monoisotopic (exact) mass is 231 g/mol. The molecule has 5 nitrogen and oxygen atoms in total. The Bertz CT molecular complexity index is 601. The number of hydrogen-bond acceptors (Lipinski definition) is 2. The maximum atomic E-state index is 11.6. The van der Waals surface area contributed by atoms with Gasteiger partial charge in [-0.2, -0.15) is 0 Å². The molecular formula is C12H13N3O2. The van der Waals surface area contributed by atoms with Crippen molar-refractivity contribution in [1.82, 2.24) is 4.98 Å². The van der Waals surface area contributed by atoms with Crippen molar-refractivity contribution in [2.75, 3.05) is 11.9 Å². The minimum Gasteiger partial charge on any atom is -0.361 e. The van der Waals surface area contributed by atoms with Crippen LogP contribution in [0, 0.1) is 6.92 Å². The van der Waals surface area contributed by atoms with E-state index >= 15 is 0 Å². The zero-order valence-corrected chi connectivity index (χ0v) is 9.65. The van der Waals surface area contributed by atoms with Crippen LogP contribution in [0.2, 0.25) is 0 Å². The van der Waals surface area contributed by atoms with Crippen LogP contribution in [0.4, 0.5) is 5.69 Å². The summed E-state index contributed by atoms with van der Waals surface area (Å²) in [7, 11) is 1.54. The van der Waals surface area contributed by atoms with Crippen LogP contribution in [0.1, 0.15) is 5.69 Å². The fraction of sp³-hybridized carbons (Fsp3) is 0.167. The van der Waals surface area contributed by atoms with Gasteiger partial charge < -0.3 is 15.6 Å². The number of benzene rings is 1. The normalized spacial score (nSPS) is 10.5. The van der Waals surface area contributed by atoms with Crippen molar-refractivity contribution in [3.8, 4) is 0 Å². The van der Waals surface area contributed by atoms with Crippen molar-refractivity contribution in [3.63, 3.8) is 0 Å². The number of aryl methyl sites for hydroxylation is 1. The molecule has 88 valence electrons. The maximum Gasteiger partial charge on any atom is 0.315 e. The zero-order chi connectivity index (χ0) is 12.6. The van der Waals surface area contributed by atoms with E-state index in [1.807, 2.05) is 31.2 Å². The van der Waals surface area contributed by atoms with Gasteiger partial charge in [0.15, 0.2) is 0 Å². The topological polar surface area (TPSA) is 79.2 Å². The van der Waals surface area contributed by atoms with Gasteiger partial charge in [0.25, 0.3) is 0 Å². The van der Waals surface area contributed by atoms with E-state index in [1.54, 1.807) is 0 Å². The fourth-order valence-electron chi connectivity index (χ4n) is 1.96. The molecular weight excluding hydrogens is 218 g/mol. The predicted octanol–water partition coefficient (Wildman–Crippen LogP) is 0.924. The summed E-state index contributed by atoms with van der Waals surface area (Å²) >= 11 is 0. The molecule has 1 heterocycles. The molecule has 0 aliphatic carbocycles. The van der Waals surface area contributed by atoms with Crippen molar-refractivity contribution >= 4 is 28.4 Å². The number of fused-ring (bicyclic) bond motifs is 1. The number of nitrogens with one attached hydrogen (secondary N) is 1. The maximum absolute atomic E-state index is 11.6. The predicted molar refractivity (Wildman–Crippen MR) is 65.6 cm³/mol. The van der Waals surface area contributed by atoms with Crippen molar-refractivity contribution in [3.05, 3.63) is 30.0 Å². The van der Waals surface area contributed by atoms with Gasteiger partial charge in [-0.05, 0) is 13.0 Å². The molecule has 0 aliphatic rings. The number of amides is 2. The molecule has 1 aromatic heterocycles. The lowest BCUT2D eigenvalue weighted by molar-refractivity contribution is -0.135. The lowest BCUT2D eigenvalue weighted by atomic mass is 10.2. The Balaban J connectivity index is 2.58. The van der Waals surface area contributed by atoms with Crippen LogP contribution in [0.3, 0.4) is 0 Å². The summed E-state index contributed by atoms with van der Waals surface area (Å²) in [5.74, 6) is -1.69. The number of para-hydroxylation sites is 1. The number of anilines is 1. The summed E-state index contributed by atoms with van der Waals surface area (Å²) in [6, 6.07) is 7.58. The molecule has 0 spiro atoms. The molecule has 0 aliphatic heterocycles. The summed E-state index contributed by atoms with van der Waals surface area (Å²) < 4.78 is 0. The molecule has 0 atom stereocenters. The highest BCUT2D eigenvalue weighted by atomic mass is 16.2. The first-order valence-corrected chi connectivity index (χ1v) is 5.17. The molecule has 3 N–H and O–H groups in total. The minimum atomic E-state index is -0.961. The second kappa shape index (κ2) is 3.93. The van der Waals surface area contributed by atoms with Crippen molar-refractivity contribution in [2.24, 2.45) is 5.73 Å². The van der Waals surface area contributed by atoms with Gasteiger partial charge in [-0.25, -0.2) is 0 Å². The second-order valence-corrected chi connectivity index (χ2v) is 3.87. The molecule has 0 fully saturated rings. The summed E-state index contributed by atoms with van der Waals surface area (Å²) in [5.41, 5.74) is 7.42. The highest BCUT2D eigenvalue weighted by molar-refractivity contribution is 6.40. The number of primary amides is 1. The number of likely N-dealkylation sites (N-methyl/N-ethyl adjacent to an activating group) is 1. The van der Waals surface area contributed by atoms with Crippen molar-refractivity contribution < 1.29 is 9.59 Å². The summed E-state index contributed by atoms with van der Waals surface area (Å²) in [5, 5.41) is 0.891. The Morgan fingerprint density at radius 2 is 1.94 bits per heavy atom. The molecule has 0 bridgehead atoms. The molecule has 2 amide bonds. The van der Waals surface area contributed by atoms with E-state index in [9.17, 15) is 9.59 Å². The van der Waals surface area contributed by atoms with Gasteiger partial charge >= 0.3 is 11.8 Å². The molecule has 0 unspecified atom stereocenters. The lowest BCUT2D eigenvalue weighted by Crippen LogP contribution is -2.37. The Hall–Kier alpha value is -2.30. The van der Waals surface area contributed by atoms with Gasteiger partial charge in [-0.15, -0.1) is 0 Å². The number of aromatic nitrogens is 1. The standard InChI is InChI=1S/C12H13N3O2/c1-7-10(15(2)12(17)11(13)16)8-5-3-4-6-9(8)14-7/h3-6,14H,1-2H3,(H2,13,16). The average Bonchev–Trinajstić information content (AvgIpc) is 2.62. The molecule has 2 aromatic rings. The summed E-state index contributed by atoms with van der Waals surface area (Å²) in [4.78, 5) is 26.9. The van der Waals surface area contributed by atoms with Crippen LogP contribution in [0.15, 0.2) is 24.3 Å². The van der Waals surface area contributed by atoms with E-state index < -0.39 is 11.8 Å². The largest absolute Gasteiger partial charge is 0.361 e. The van der Waals surface area contributed by atoms with Gasteiger partial charge in [-0.1, -0.05) is 18.2 Å². The SMILES string of the molecule is Cc1[nH]c2ccccc2c1N(C)C(=O)C(N)=O. The van der Waals surface area contributed by atoms with Gasteiger partial charge in [0, 0.05) is 23.6 Å². The number of H-pyrrole nitrogens is 1. The number of carbonyl (C=O) groups is 2. The first-order valence-electron chi connectivity index (χ1n) is 5.17. The van der Waals surface area contributed by atoms with E-state index in [-0.39, 0.29) is 0 Å². The molecule has 17 heavy (non-hydrogen) atoms. The number of rotatable bonds is 1. The van der Waals surface area contributed by atoms with Crippen molar-refractivity contribution in [2.45, 2.75) is 6.92 Å². The first-order chi connectivity index (χ1) is 8.02. The van der Waals surface area contributed by atoms with Crippen LogP contribution in [0.25, 0.3) is 10.9 Å². The third-order valence-corrected chi connectivity index (χ3v) is 2.71. The van der Waals surface area contributed by atoms with E-state index in [4.69, 9.17) is 5.73 Å². The van der Waals surface area contributed by atoms with E-state index in [2.05, 4.69) is 4.98 Å². The zero-order valence-electron chi connectivity index (χ0n) is 9.65. The third-order valence-electron chi connectivity index (χ3n) is 2.71. The van der Waals surface area contributed by atoms with Crippen LogP contribution in [-0.4, -0.2) is 23.8 Å². The summed E-state index contributed by atoms with van der Waals surface area (Å²) in [6.45, 7) is 1.85. The van der Waals surface area contributed by atoms with Crippen LogP contribution >= 0.6 is 0 Å². The Morgan fingerprint density at radius 3 is 2.59 bits per heavy atom. The van der Waals surface area contributed by atoms with E-state index in [0.717, 1.165) is 16.6 Å². The smallest absolute Gasteiger partial charge is 0.315 e. The molecule has 2 rings (SSSR count). The van der Waals surface area contributed by atoms with Crippen LogP contribution < -0.4 is 10.6 Å². The van der Waals surface area contributed by atoms with Gasteiger partial charge in [0.05, 0.1) is 5.69 Å². The molecule has 1 aromatic carbocycles. The summed E-state index contributed by atoms with van der Waals surface area (Å²) in [6.07, 6.45) is 0. The highest BCUT2D eigenvalue weighted by Crippen LogP contribution is 2.29. The number of aromatic amines is 1. The van der Waals surface area contributed by atoms with E-state index in [0.29, 0.717) is 5.69 Å². The van der Waals surface area contributed by atoms with Crippen LogP contribution in [-0.2, 0) is 9.59 Å². The Morgan fingerprint density at radius 1 is 1.29 bits per heavy atom. The first kappa shape index (κ1) is 11.2. The number of hydrogen-bond donors (Lipinski definition) is 2. The Labute approximate surface area is 98.2 Å². The lowest BCUT2D eigenvalue weighted by Gasteiger charge is -2.15. The van der Waals surface area contributed by atoms with Gasteiger partial charge in [0.2, 0.25) is 0 Å². The van der Waals surface area contributed by atoms with Gasteiger partial charge in [-0.3, -0.25) is 9.59 Å². The molecule has 0 saturated carbocycles. The number of nitrogens with two attached hydrogens (primary N) is 1. The van der Waals surface area contributed by atoms with E-state index in [1.165, 1.54) is 11.9 Å². The Kier molecular flexibility index (Phi) is 2.59. The van der Waals surface area contributed by atoms with Crippen LogP contribution in [0.5, 0.6) is 0 Å². The molecule has 0 saturated heterocycles. The minimum absolute atomic E-state index is 0.685. The van der Waals surface area contributed by atoms with Gasteiger partial charge in [0.1, 0.15) is 0 Å². The molecule has 5 heteroatoms. The second-order valence-electron chi connectivity index (χ2n) is 3.87. The highest BCUT2D eigenvalue weighted by Gasteiger charge is 2.21. The fourth-order valence-corrected chi connectivity index (χ4v) is 1.96. The quantitative estimate of drug-likeness (QED) is 0.716. The number of carbonyl (C=O) groups excluding carboxylic acids is 2. The third kappa shape index (κ3) is 1.75.